The number of esters is 1. The third kappa shape index (κ3) is 12.5. The van der Waals surface area contributed by atoms with Crippen molar-refractivity contribution < 1.29 is 80.6 Å². The molecule has 6 aliphatic rings. The highest BCUT2D eigenvalue weighted by molar-refractivity contribution is 8.76. The number of para-hydroxylation sites is 1. The Morgan fingerprint density at radius 1 is 0.945 bits per heavy atom. The van der Waals surface area contributed by atoms with Crippen molar-refractivity contribution in [2.75, 3.05) is 83.6 Å². The number of hydrogen-bond acceptors (Lipinski definition) is 22. The van der Waals surface area contributed by atoms with Crippen LogP contribution in [0.4, 0.5) is 10.5 Å². The summed E-state index contributed by atoms with van der Waals surface area (Å²) in [5, 5.41) is 62.5. The quantitative estimate of drug-likeness (QED) is 0.0120. The van der Waals surface area contributed by atoms with Crippen molar-refractivity contribution in [1.82, 2.24) is 51.3 Å². The Kier molecular flexibility index (Phi) is 19.8. The smallest absolute Gasteiger partial charge is 0.426 e. The fourth-order valence-electron chi connectivity index (χ4n) is 15.8. The number of aliphatic hydroxyl groups is 3. The fraction of sp³-hybridized carbons (Fsp3) is 0.600. The summed E-state index contributed by atoms with van der Waals surface area (Å²) in [6, 6.07) is 7.42. The van der Waals surface area contributed by atoms with Gasteiger partial charge in [-0.1, -0.05) is 77.9 Å². The van der Waals surface area contributed by atoms with E-state index in [1.807, 2.05) is 62.4 Å². The fourth-order valence-corrected chi connectivity index (χ4v) is 18.0. The summed E-state index contributed by atoms with van der Waals surface area (Å²) in [7, 11) is 2.13. The van der Waals surface area contributed by atoms with Crippen LogP contribution in [0.5, 0.6) is 5.75 Å². The molecule has 31 heteroatoms. The van der Waals surface area contributed by atoms with Crippen molar-refractivity contribution >= 4 is 84.3 Å². The summed E-state index contributed by atoms with van der Waals surface area (Å²) >= 11 is 0. The van der Waals surface area contributed by atoms with E-state index in [0.29, 0.717) is 93.9 Å². The number of aliphatic carboxylic acids is 1. The number of benzene rings is 2. The third-order valence-corrected chi connectivity index (χ3v) is 22.3. The van der Waals surface area contributed by atoms with Gasteiger partial charge < -0.3 is 55.2 Å². The first-order valence-corrected chi connectivity index (χ1v) is 34.4. The number of carboxylic acids is 1. The number of carboxylic acid groups (broad SMARTS) is 1. The monoisotopic (exact) mass is 1320 g/mol. The molecule has 10 N–H and O–H groups in total. The first-order chi connectivity index (χ1) is 43.4. The van der Waals surface area contributed by atoms with Crippen molar-refractivity contribution in [1.29, 1.82) is 0 Å². The number of methoxy groups -OCH3 is 2. The van der Waals surface area contributed by atoms with Crippen molar-refractivity contribution in [2.45, 2.75) is 137 Å². The molecule has 3 fully saturated rings. The van der Waals surface area contributed by atoms with E-state index in [-0.39, 0.29) is 55.5 Å². The number of aromatic amines is 1. The molecule has 2 aromatic carbocycles. The predicted octanol–water partition coefficient (Wildman–Crippen LogP) is 1.89. The largest absolute Gasteiger partial charge is 0.496 e. The number of aliphatic hydroxyl groups excluding tert-OH is 1. The standard InChI is InChI=1S/C60H81N11O17S3/c1-7-13-46(72)61-42(26-36-32-71(67-64-36)22-23-88-91(82,83)84)48(73)63-43(49(74)75)33-90-89-25-24-87-55(79)66-65-53(77)60(81)51-58(18-21-70-19-12-17-57(9-3,50(58)70)52(60)76)39-27-40(45(85-5)28-44(39)68(51)4)59(54(78)86-6)30-35-29-56(80,8-2)34-69(31-35)20-16-38-37-14-10-11-15-41(37)62-47(38)59/h10-12,14-15,17,27-28,32,35,42-43,50-52,62,76,80-81H,7-9,13,16,18-26,29-31,33-34H2,1-6H3,(H,61,72)(H,63,73)(H,65,77)(H,66,79)(H,74,75)(H,82,83,84)/t35-,42+,43-,50+,51-,52-,56+,57-,58-,59+,60+/m1/s1. The normalized spacial score (nSPS) is 28.8. The number of hydrazine groups is 1. The first-order valence-electron chi connectivity index (χ1n) is 30.6. The molecule has 2 aromatic heterocycles. The van der Waals surface area contributed by atoms with Crippen LogP contribution in [0.3, 0.4) is 0 Å². The number of piperidine rings is 1. The van der Waals surface area contributed by atoms with Crippen LogP contribution in [0.2, 0.25) is 0 Å². The van der Waals surface area contributed by atoms with Gasteiger partial charge in [0.2, 0.25) is 11.8 Å². The minimum absolute atomic E-state index is 0.0725. The number of aromatic nitrogens is 4. The van der Waals surface area contributed by atoms with Crippen molar-refractivity contribution in [3.63, 3.8) is 0 Å². The van der Waals surface area contributed by atoms with Gasteiger partial charge in [-0.15, -0.1) is 5.10 Å². The van der Waals surface area contributed by atoms with Crippen LogP contribution in [-0.4, -0.2) is 219 Å². The van der Waals surface area contributed by atoms with Gasteiger partial charge in [-0.2, -0.15) is 8.42 Å². The molecule has 496 valence electrons. The van der Waals surface area contributed by atoms with Gasteiger partial charge >= 0.3 is 28.4 Å². The molecule has 91 heavy (non-hydrogen) atoms. The van der Waals surface area contributed by atoms with Crippen molar-refractivity contribution in [3.05, 3.63) is 82.8 Å². The average molecular weight is 1320 g/mol. The number of carbonyl (C=O) groups is 6. The van der Waals surface area contributed by atoms with Gasteiger partial charge in [0, 0.05) is 115 Å². The summed E-state index contributed by atoms with van der Waals surface area (Å²) in [6.07, 6.45) is 5.13. The molecule has 12 atom stereocenters. The third-order valence-electron chi connectivity index (χ3n) is 19.5. The van der Waals surface area contributed by atoms with E-state index < -0.39 is 110 Å². The Labute approximate surface area is 534 Å². The highest BCUT2D eigenvalue weighted by Crippen LogP contribution is 2.67. The van der Waals surface area contributed by atoms with E-state index >= 15 is 9.59 Å². The van der Waals surface area contributed by atoms with Gasteiger partial charge in [-0.3, -0.25) is 39.0 Å². The van der Waals surface area contributed by atoms with E-state index in [4.69, 9.17) is 18.8 Å². The SMILES string of the molecule is CCCC(=O)N[C@@H](Cc1cn(CCOS(=O)(=O)O)nn1)C(=O)N[C@H](CSSCCOC(=O)NNC(=O)[C@@]1(O)[C@H](O)[C@]2(CC)C=CCN3CC[C@@]4(c5cc([C@@]6(C(=O)OC)C[C@@H]7CN(CCc8c6[nH]c6ccccc86)C[C@](O)(CC)C7)c(OC)cc5N(C)[C@@H]14)[C@@H]32)C(=O)O. The molecule has 1 spiro atoms. The molecule has 5 aliphatic heterocycles. The summed E-state index contributed by atoms with van der Waals surface area (Å²) < 4.78 is 53.9. The van der Waals surface area contributed by atoms with Crippen molar-refractivity contribution in [2.24, 2.45) is 11.3 Å². The van der Waals surface area contributed by atoms with Gasteiger partial charge in [-0.05, 0) is 80.7 Å². The molecule has 28 nitrogen and oxygen atoms in total. The lowest BCUT2D eigenvalue weighted by Gasteiger charge is -2.63. The molecule has 2 bridgehead atoms. The predicted molar refractivity (Wildman–Crippen MR) is 334 cm³/mol. The van der Waals surface area contributed by atoms with Crippen LogP contribution in [0.15, 0.2) is 54.7 Å². The molecule has 4 amide bonds. The van der Waals surface area contributed by atoms with E-state index in [2.05, 4.69) is 50.8 Å². The van der Waals surface area contributed by atoms with Gasteiger partial charge in [0.15, 0.2) is 5.60 Å². The van der Waals surface area contributed by atoms with E-state index in [1.165, 1.54) is 25.1 Å². The van der Waals surface area contributed by atoms with Crippen LogP contribution in [0.1, 0.15) is 93.8 Å². The van der Waals surface area contributed by atoms with Crippen LogP contribution in [0, 0.1) is 11.3 Å². The second kappa shape index (κ2) is 26.8. The van der Waals surface area contributed by atoms with Crippen LogP contribution < -0.4 is 31.1 Å². The number of amides is 4. The van der Waals surface area contributed by atoms with Gasteiger partial charge in [0.25, 0.3) is 5.91 Å². The van der Waals surface area contributed by atoms with E-state index in [9.17, 15) is 48.0 Å². The summed E-state index contributed by atoms with van der Waals surface area (Å²) in [4.78, 5) is 92.8. The molecular weight excluding hydrogens is 1240 g/mol. The maximum absolute atomic E-state index is 15.6. The highest BCUT2D eigenvalue weighted by atomic mass is 33.1. The Bertz CT molecular complexity index is 3570. The maximum Gasteiger partial charge on any atom is 0.426 e. The van der Waals surface area contributed by atoms with Gasteiger partial charge in [0.1, 0.15) is 36.0 Å². The summed E-state index contributed by atoms with van der Waals surface area (Å²) in [5.74, 6) is -4.23. The second-order valence-electron chi connectivity index (χ2n) is 24.6. The number of nitrogens with one attached hydrogen (secondary N) is 5. The number of carbonyl (C=O) groups excluding carboxylic acids is 5. The Hall–Kier alpha value is -6.55. The average Bonchev–Trinajstić information content (AvgIpc) is 1.52. The molecule has 10 rings (SSSR count). The number of H-pyrrole nitrogens is 1. The minimum atomic E-state index is -4.70. The number of fused-ring (bicyclic) bond motifs is 6. The molecule has 7 heterocycles. The van der Waals surface area contributed by atoms with E-state index in [1.54, 1.807) is 18.9 Å². The van der Waals surface area contributed by atoms with Crippen LogP contribution in [0.25, 0.3) is 10.9 Å². The number of likely N-dealkylation sites (N-methyl/N-ethyl adjacent to an activating group) is 1. The molecular formula is C60H81N11O17S3. The minimum Gasteiger partial charge on any atom is -0.496 e. The van der Waals surface area contributed by atoms with Gasteiger partial charge in [0.05, 0.1) is 44.7 Å². The van der Waals surface area contributed by atoms with E-state index in [0.717, 1.165) is 43.6 Å². The maximum atomic E-state index is 15.6. The first kappa shape index (κ1) is 67.3. The molecule has 4 aromatic rings. The molecule has 2 saturated heterocycles. The van der Waals surface area contributed by atoms with Crippen LogP contribution in [-0.2, 0) is 78.2 Å². The Morgan fingerprint density at radius 3 is 2.44 bits per heavy atom. The Morgan fingerprint density at radius 2 is 1.73 bits per heavy atom. The number of hydrogen-bond donors (Lipinski definition) is 10. The molecule has 1 unspecified atom stereocenters. The zero-order chi connectivity index (χ0) is 65.4. The lowest BCUT2D eigenvalue weighted by atomic mass is 9.47. The number of anilines is 1. The number of rotatable bonds is 24. The van der Waals surface area contributed by atoms with Crippen molar-refractivity contribution in [3.8, 4) is 5.75 Å². The summed E-state index contributed by atoms with van der Waals surface area (Å²) in [5.41, 5.74) is 1.56. The lowest BCUT2D eigenvalue weighted by molar-refractivity contribution is -0.204. The van der Waals surface area contributed by atoms with Crippen LogP contribution >= 0.6 is 21.6 Å². The Balaban J connectivity index is 0.865. The zero-order valence-electron chi connectivity index (χ0n) is 51.6. The summed E-state index contributed by atoms with van der Waals surface area (Å²) in [6.45, 7) is 7.61. The zero-order valence-corrected chi connectivity index (χ0v) is 54.1. The molecule has 0 radical (unpaired) electrons. The molecule has 1 saturated carbocycles. The molecule has 1 aliphatic carbocycles. The second-order valence-corrected chi connectivity index (χ2v) is 28.4. The number of ether oxygens (including phenoxy) is 3. The lowest BCUT2D eigenvalue weighted by Crippen LogP contribution is -2.82. The highest BCUT2D eigenvalue weighted by Gasteiger charge is 2.79. The topological polar surface area (TPSA) is 379 Å². The van der Waals surface area contributed by atoms with Gasteiger partial charge in [-0.25, -0.2) is 23.9 Å². The number of nitrogens with zero attached hydrogens (tertiary/aromatic N) is 6.